The normalized spacial score (nSPS) is 11.4. The maximum absolute atomic E-state index is 12.1. The SMILES string of the molecule is CCCNc1nc(N)c(C(=O)NC(CO)(CO)CO)s1. The van der Waals surface area contributed by atoms with Gasteiger partial charge in [-0.05, 0) is 6.42 Å². The number of rotatable bonds is 8. The fraction of sp³-hybridized carbons (Fsp3) is 0.636. The van der Waals surface area contributed by atoms with Gasteiger partial charge < -0.3 is 31.7 Å². The Morgan fingerprint density at radius 2 is 1.95 bits per heavy atom. The van der Waals surface area contributed by atoms with Gasteiger partial charge in [0.25, 0.3) is 5.91 Å². The molecule has 1 heterocycles. The van der Waals surface area contributed by atoms with E-state index in [-0.39, 0.29) is 10.7 Å². The average Bonchev–Trinajstić information content (AvgIpc) is 2.83. The van der Waals surface area contributed by atoms with Crippen molar-refractivity contribution in [3.05, 3.63) is 4.88 Å². The summed E-state index contributed by atoms with van der Waals surface area (Å²) >= 11 is 1.08. The van der Waals surface area contributed by atoms with Gasteiger partial charge in [0.2, 0.25) is 0 Å². The quantitative estimate of drug-likeness (QED) is 0.361. The lowest BCUT2D eigenvalue weighted by Crippen LogP contribution is -2.57. The highest BCUT2D eigenvalue weighted by Crippen LogP contribution is 2.25. The number of nitrogens with one attached hydrogen (secondary N) is 2. The highest BCUT2D eigenvalue weighted by atomic mass is 32.1. The van der Waals surface area contributed by atoms with Crippen LogP contribution in [0.15, 0.2) is 0 Å². The minimum absolute atomic E-state index is 0.0637. The standard InChI is InChI=1S/C11H20N4O4S/c1-2-3-13-10-14-8(12)7(20-10)9(19)15-11(4-16,5-17)6-18/h16-18H,2-6,12H2,1H3,(H,13,14)(H,15,19). The van der Waals surface area contributed by atoms with Crippen molar-refractivity contribution in [1.82, 2.24) is 10.3 Å². The molecular formula is C11H20N4O4S. The molecule has 0 aliphatic rings. The Morgan fingerprint density at radius 3 is 2.45 bits per heavy atom. The number of aliphatic hydroxyl groups is 3. The van der Waals surface area contributed by atoms with Crippen LogP contribution in [0.2, 0.25) is 0 Å². The zero-order valence-corrected chi connectivity index (χ0v) is 12.0. The number of aliphatic hydroxyl groups excluding tert-OH is 3. The molecule has 0 aromatic carbocycles. The molecule has 0 saturated carbocycles. The van der Waals surface area contributed by atoms with Gasteiger partial charge in [0.15, 0.2) is 5.13 Å². The van der Waals surface area contributed by atoms with Crippen LogP contribution in [0.4, 0.5) is 10.9 Å². The molecule has 0 unspecified atom stereocenters. The molecule has 0 aliphatic heterocycles. The van der Waals surface area contributed by atoms with E-state index in [1.807, 2.05) is 6.92 Å². The summed E-state index contributed by atoms with van der Waals surface area (Å²) in [4.78, 5) is 16.2. The van der Waals surface area contributed by atoms with E-state index in [0.717, 1.165) is 17.8 Å². The molecule has 114 valence electrons. The van der Waals surface area contributed by atoms with Crippen LogP contribution < -0.4 is 16.4 Å². The van der Waals surface area contributed by atoms with Gasteiger partial charge in [-0.3, -0.25) is 4.79 Å². The third-order valence-electron chi connectivity index (χ3n) is 2.67. The van der Waals surface area contributed by atoms with Crippen LogP contribution in [0.3, 0.4) is 0 Å². The topological polar surface area (TPSA) is 141 Å². The van der Waals surface area contributed by atoms with Crippen LogP contribution in [-0.2, 0) is 0 Å². The largest absolute Gasteiger partial charge is 0.394 e. The molecule has 1 aromatic rings. The molecule has 0 aliphatic carbocycles. The zero-order valence-electron chi connectivity index (χ0n) is 11.2. The summed E-state index contributed by atoms with van der Waals surface area (Å²) in [7, 11) is 0. The zero-order chi connectivity index (χ0) is 15.2. The molecule has 0 radical (unpaired) electrons. The Balaban J connectivity index is 2.84. The maximum atomic E-state index is 12.1. The van der Waals surface area contributed by atoms with Crippen LogP contribution in [0.5, 0.6) is 0 Å². The van der Waals surface area contributed by atoms with Crippen LogP contribution >= 0.6 is 11.3 Å². The van der Waals surface area contributed by atoms with Gasteiger partial charge in [-0.1, -0.05) is 18.3 Å². The summed E-state index contributed by atoms with van der Waals surface area (Å²) in [5.74, 6) is -0.532. The third kappa shape index (κ3) is 3.79. The van der Waals surface area contributed by atoms with Gasteiger partial charge in [0.05, 0.1) is 19.8 Å². The summed E-state index contributed by atoms with van der Waals surface area (Å²) in [6, 6.07) is 0. The Hall–Kier alpha value is -1.42. The number of anilines is 2. The van der Waals surface area contributed by atoms with E-state index < -0.39 is 31.3 Å². The van der Waals surface area contributed by atoms with Crippen LogP contribution in [-0.4, -0.2) is 58.1 Å². The minimum atomic E-state index is -1.48. The van der Waals surface area contributed by atoms with Crippen molar-refractivity contribution in [3.63, 3.8) is 0 Å². The second kappa shape index (κ2) is 7.39. The predicted octanol–water partition coefficient (Wildman–Crippen LogP) is -1.01. The van der Waals surface area contributed by atoms with Gasteiger partial charge in [-0.15, -0.1) is 0 Å². The highest BCUT2D eigenvalue weighted by Gasteiger charge is 2.31. The highest BCUT2D eigenvalue weighted by molar-refractivity contribution is 7.18. The minimum Gasteiger partial charge on any atom is -0.394 e. The second-order valence-electron chi connectivity index (χ2n) is 4.37. The maximum Gasteiger partial charge on any atom is 0.265 e. The molecule has 20 heavy (non-hydrogen) atoms. The number of thiazole rings is 1. The van der Waals surface area contributed by atoms with Crippen LogP contribution in [0, 0.1) is 0 Å². The van der Waals surface area contributed by atoms with E-state index in [9.17, 15) is 20.1 Å². The first-order chi connectivity index (χ1) is 9.51. The number of carbonyl (C=O) groups excluding carboxylic acids is 1. The monoisotopic (exact) mass is 304 g/mol. The van der Waals surface area contributed by atoms with Crippen molar-refractivity contribution in [1.29, 1.82) is 0 Å². The fourth-order valence-electron chi connectivity index (χ4n) is 1.37. The number of nitrogen functional groups attached to an aromatic ring is 1. The van der Waals surface area contributed by atoms with E-state index in [4.69, 9.17) is 5.73 Å². The van der Waals surface area contributed by atoms with Crippen LogP contribution in [0.1, 0.15) is 23.0 Å². The predicted molar refractivity (Wildman–Crippen MR) is 76.8 cm³/mol. The van der Waals surface area contributed by atoms with Gasteiger partial charge >= 0.3 is 0 Å². The third-order valence-corrected chi connectivity index (χ3v) is 3.70. The van der Waals surface area contributed by atoms with Crippen molar-refractivity contribution >= 4 is 28.2 Å². The van der Waals surface area contributed by atoms with E-state index in [1.165, 1.54) is 0 Å². The van der Waals surface area contributed by atoms with Crippen molar-refractivity contribution in [2.24, 2.45) is 0 Å². The lowest BCUT2D eigenvalue weighted by atomic mass is 10.0. The Labute approximate surface area is 120 Å². The number of aromatic nitrogens is 1. The van der Waals surface area contributed by atoms with Crippen LogP contribution in [0.25, 0.3) is 0 Å². The average molecular weight is 304 g/mol. The molecule has 0 bridgehead atoms. The van der Waals surface area contributed by atoms with E-state index in [1.54, 1.807) is 0 Å². The molecule has 0 atom stereocenters. The number of amides is 1. The Bertz CT molecular complexity index is 439. The summed E-state index contributed by atoms with van der Waals surface area (Å²) in [6.07, 6.45) is 0.906. The smallest absolute Gasteiger partial charge is 0.265 e. The molecule has 7 N–H and O–H groups in total. The first-order valence-corrected chi connectivity index (χ1v) is 6.98. The van der Waals surface area contributed by atoms with Crippen molar-refractivity contribution in [2.75, 3.05) is 37.4 Å². The van der Waals surface area contributed by atoms with Gasteiger partial charge in [-0.2, -0.15) is 0 Å². The lowest BCUT2D eigenvalue weighted by molar-refractivity contribution is 0.0377. The molecule has 1 amide bonds. The molecule has 0 fully saturated rings. The summed E-state index contributed by atoms with van der Waals surface area (Å²) in [6.45, 7) is 0.930. The molecule has 1 aromatic heterocycles. The summed E-state index contributed by atoms with van der Waals surface area (Å²) in [5.41, 5.74) is 4.19. The second-order valence-corrected chi connectivity index (χ2v) is 5.37. The summed E-state index contributed by atoms with van der Waals surface area (Å²) in [5, 5.41) is 33.4. The van der Waals surface area contributed by atoms with Crippen molar-refractivity contribution in [2.45, 2.75) is 18.9 Å². The van der Waals surface area contributed by atoms with Crippen molar-refractivity contribution < 1.29 is 20.1 Å². The number of nitrogens with zero attached hydrogens (tertiary/aromatic N) is 1. The molecule has 0 saturated heterocycles. The number of hydrogen-bond acceptors (Lipinski definition) is 8. The Kier molecular flexibility index (Phi) is 6.14. The first kappa shape index (κ1) is 16.6. The van der Waals surface area contributed by atoms with E-state index >= 15 is 0 Å². The lowest BCUT2D eigenvalue weighted by Gasteiger charge is -2.28. The Morgan fingerprint density at radius 1 is 1.35 bits per heavy atom. The fourth-order valence-corrected chi connectivity index (χ4v) is 2.17. The molecule has 0 spiro atoms. The number of hydrogen-bond donors (Lipinski definition) is 6. The molecule has 1 rings (SSSR count). The van der Waals surface area contributed by atoms with Gasteiger partial charge in [0, 0.05) is 6.54 Å². The van der Waals surface area contributed by atoms with Gasteiger partial charge in [0.1, 0.15) is 16.2 Å². The number of nitrogens with two attached hydrogens (primary N) is 1. The van der Waals surface area contributed by atoms with E-state index in [0.29, 0.717) is 11.7 Å². The van der Waals surface area contributed by atoms with E-state index in [2.05, 4.69) is 15.6 Å². The molecular weight excluding hydrogens is 284 g/mol. The van der Waals surface area contributed by atoms with Gasteiger partial charge in [-0.25, -0.2) is 4.98 Å². The number of carbonyl (C=O) groups is 1. The first-order valence-electron chi connectivity index (χ1n) is 6.17. The van der Waals surface area contributed by atoms with Crippen molar-refractivity contribution in [3.8, 4) is 0 Å². The molecule has 8 nitrogen and oxygen atoms in total. The molecule has 9 heteroatoms. The summed E-state index contributed by atoms with van der Waals surface area (Å²) < 4.78 is 0.